The van der Waals surface area contributed by atoms with Crippen LogP contribution in [0.2, 0.25) is 0 Å². The van der Waals surface area contributed by atoms with Gasteiger partial charge in [-0.25, -0.2) is 9.48 Å². The molecule has 0 saturated heterocycles. The number of nitrogens with zero attached hydrogens (tertiary/aromatic N) is 4. The molecule has 0 fully saturated rings. The summed E-state index contributed by atoms with van der Waals surface area (Å²) in [5, 5.41) is 4.53. The predicted octanol–water partition coefficient (Wildman–Crippen LogP) is 2.77. The summed E-state index contributed by atoms with van der Waals surface area (Å²) in [7, 11) is 3.47. The van der Waals surface area contributed by atoms with Crippen molar-refractivity contribution in [2.45, 2.75) is 39.4 Å². The Morgan fingerprint density at radius 3 is 2.76 bits per heavy atom. The minimum absolute atomic E-state index is 0.100. The number of hydrogen-bond acceptors (Lipinski definition) is 5. The largest absolute Gasteiger partial charge is 0.444 e. The van der Waals surface area contributed by atoms with Crippen molar-refractivity contribution in [2.24, 2.45) is 0 Å². The van der Waals surface area contributed by atoms with Gasteiger partial charge in [-0.15, -0.1) is 0 Å². The van der Waals surface area contributed by atoms with Crippen molar-refractivity contribution in [1.82, 2.24) is 14.7 Å². The molecule has 0 atom stereocenters. The average Bonchev–Trinajstić information content (AvgIpc) is 3.22. The van der Waals surface area contributed by atoms with E-state index in [0.717, 1.165) is 22.6 Å². The topological polar surface area (TPSA) is 76.9 Å². The van der Waals surface area contributed by atoms with Crippen molar-refractivity contribution in [3.63, 3.8) is 0 Å². The number of anilines is 1. The van der Waals surface area contributed by atoms with Gasteiger partial charge in [0, 0.05) is 32.5 Å². The monoisotopic (exact) mass is 400 g/mol. The molecule has 1 aliphatic heterocycles. The molecule has 1 aliphatic rings. The number of carbonyl (C=O) groups excluding carboxylic acids is 2. The van der Waals surface area contributed by atoms with Crippen LogP contribution in [-0.2, 0) is 27.3 Å². The third-order valence-corrected chi connectivity index (χ3v) is 4.58. The van der Waals surface area contributed by atoms with Crippen LogP contribution in [0.4, 0.5) is 10.5 Å². The van der Waals surface area contributed by atoms with Gasteiger partial charge in [-0.3, -0.25) is 4.79 Å². The third kappa shape index (κ3) is 5.14. The van der Waals surface area contributed by atoms with Gasteiger partial charge in [0.2, 0.25) is 5.91 Å². The van der Waals surface area contributed by atoms with Crippen LogP contribution in [0.25, 0.3) is 5.69 Å². The number of rotatable bonds is 6. The second-order valence-electron chi connectivity index (χ2n) is 8.15. The van der Waals surface area contributed by atoms with Crippen LogP contribution in [0.3, 0.4) is 0 Å². The molecule has 29 heavy (non-hydrogen) atoms. The molecule has 0 unspecified atom stereocenters. The van der Waals surface area contributed by atoms with E-state index in [0.29, 0.717) is 26.2 Å². The van der Waals surface area contributed by atoms with Crippen molar-refractivity contribution in [3.8, 4) is 5.69 Å². The van der Waals surface area contributed by atoms with Crippen LogP contribution in [0.15, 0.2) is 30.5 Å². The summed E-state index contributed by atoms with van der Waals surface area (Å²) in [5.41, 5.74) is 3.14. The second-order valence-corrected chi connectivity index (χ2v) is 8.15. The van der Waals surface area contributed by atoms with E-state index < -0.39 is 5.60 Å². The molecule has 8 nitrogen and oxygen atoms in total. The SMILES string of the molecule is CN(CCOCc1ccn(-c2ccc3c(c2)CC(=O)N3C)n1)C(=O)OC(C)(C)C. The number of carbonyl (C=O) groups is 2. The van der Waals surface area contributed by atoms with Crippen LogP contribution in [0, 0.1) is 0 Å². The lowest BCUT2D eigenvalue weighted by Gasteiger charge is -2.24. The van der Waals surface area contributed by atoms with Crippen molar-refractivity contribution in [2.75, 3.05) is 32.1 Å². The maximum Gasteiger partial charge on any atom is 0.410 e. The summed E-state index contributed by atoms with van der Waals surface area (Å²) in [5.74, 6) is 0.100. The highest BCUT2D eigenvalue weighted by Crippen LogP contribution is 2.29. The fourth-order valence-corrected chi connectivity index (χ4v) is 2.99. The Hall–Kier alpha value is -2.87. The first-order valence-electron chi connectivity index (χ1n) is 9.60. The van der Waals surface area contributed by atoms with E-state index in [1.54, 1.807) is 23.7 Å². The highest BCUT2D eigenvalue weighted by atomic mass is 16.6. The minimum Gasteiger partial charge on any atom is -0.444 e. The number of fused-ring (bicyclic) bond motifs is 1. The molecule has 156 valence electrons. The van der Waals surface area contributed by atoms with E-state index in [2.05, 4.69) is 5.10 Å². The number of ether oxygens (including phenoxy) is 2. The molecule has 0 aliphatic carbocycles. The normalized spacial score (nSPS) is 13.6. The predicted molar refractivity (Wildman–Crippen MR) is 109 cm³/mol. The Kier molecular flexibility index (Phi) is 5.93. The molecule has 0 saturated carbocycles. The van der Waals surface area contributed by atoms with Crippen LogP contribution in [0.5, 0.6) is 0 Å². The van der Waals surface area contributed by atoms with Gasteiger partial charge in [0.05, 0.1) is 31.0 Å². The molecule has 1 aromatic heterocycles. The van der Waals surface area contributed by atoms with Crippen LogP contribution < -0.4 is 4.90 Å². The number of aromatic nitrogens is 2. The van der Waals surface area contributed by atoms with E-state index in [1.165, 1.54) is 4.90 Å². The Bertz CT molecular complexity index is 900. The standard InChI is InChI=1S/C21H28N4O4/c1-21(2,3)29-20(27)23(4)10-11-28-14-16-8-9-25(22-16)17-6-7-18-15(12-17)13-19(26)24(18)5/h6-9,12H,10-11,13-14H2,1-5H3. The van der Waals surface area contributed by atoms with E-state index in [-0.39, 0.29) is 12.0 Å². The molecule has 2 aromatic rings. The van der Waals surface area contributed by atoms with Gasteiger partial charge in [-0.2, -0.15) is 5.10 Å². The fraction of sp³-hybridized carbons (Fsp3) is 0.476. The quantitative estimate of drug-likeness (QED) is 0.697. The third-order valence-electron chi connectivity index (χ3n) is 4.58. The van der Waals surface area contributed by atoms with E-state index in [4.69, 9.17) is 9.47 Å². The summed E-state index contributed by atoms with van der Waals surface area (Å²) in [6, 6.07) is 7.77. The van der Waals surface area contributed by atoms with Crippen molar-refractivity contribution >= 4 is 17.7 Å². The molecule has 0 bridgehead atoms. The molecule has 0 N–H and O–H groups in total. The zero-order valence-corrected chi connectivity index (χ0v) is 17.6. The first kappa shape index (κ1) is 20.9. The highest BCUT2D eigenvalue weighted by molar-refractivity contribution is 6.01. The summed E-state index contributed by atoms with van der Waals surface area (Å²) in [6.07, 6.45) is 1.92. The van der Waals surface area contributed by atoms with E-state index >= 15 is 0 Å². The second kappa shape index (κ2) is 8.24. The van der Waals surface area contributed by atoms with Crippen molar-refractivity contribution < 1.29 is 19.1 Å². The molecule has 8 heteroatoms. The Labute approximate surface area is 171 Å². The maximum absolute atomic E-state index is 11.9. The number of benzene rings is 1. The lowest BCUT2D eigenvalue weighted by atomic mass is 10.1. The number of likely N-dealkylation sites (N-methyl/N-ethyl adjacent to an activating group) is 2. The van der Waals surface area contributed by atoms with Crippen molar-refractivity contribution in [3.05, 3.63) is 41.7 Å². The zero-order valence-electron chi connectivity index (χ0n) is 17.6. The van der Waals surface area contributed by atoms with Gasteiger partial charge in [0.1, 0.15) is 5.60 Å². The number of hydrogen-bond donors (Lipinski definition) is 0. The van der Waals surface area contributed by atoms with E-state index in [9.17, 15) is 9.59 Å². The van der Waals surface area contributed by atoms with Gasteiger partial charge in [-0.05, 0) is 50.6 Å². The summed E-state index contributed by atoms with van der Waals surface area (Å²) in [6.45, 7) is 6.67. The van der Waals surface area contributed by atoms with Gasteiger partial charge in [0.15, 0.2) is 0 Å². The lowest BCUT2D eigenvalue weighted by Crippen LogP contribution is -2.36. The first-order chi connectivity index (χ1) is 13.6. The maximum atomic E-state index is 11.9. The summed E-state index contributed by atoms with van der Waals surface area (Å²) < 4.78 is 12.7. The molecule has 0 radical (unpaired) electrons. The molecule has 2 heterocycles. The van der Waals surface area contributed by atoms with E-state index in [1.807, 2.05) is 51.2 Å². The minimum atomic E-state index is -0.515. The van der Waals surface area contributed by atoms with Crippen LogP contribution in [-0.4, -0.2) is 59.5 Å². The van der Waals surface area contributed by atoms with Gasteiger partial charge < -0.3 is 19.3 Å². The Morgan fingerprint density at radius 2 is 2.03 bits per heavy atom. The first-order valence-corrected chi connectivity index (χ1v) is 9.60. The van der Waals surface area contributed by atoms with Gasteiger partial charge in [-0.1, -0.05) is 0 Å². The van der Waals surface area contributed by atoms with Crippen molar-refractivity contribution in [1.29, 1.82) is 0 Å². The molecule has 3 rings (SSSR count). The lowest BCUT2D eigenvalue weighted by molar-refractivity contribution is -0.117. The number of amides is 2. The summed E-state index contributed by atoms with van der Waals surface area (Å²) >= 11 is 0. The average molecular weight is 400 g/mol. The smallest absolute Gasteiger partial charge is 0.410 e. The zero-order chi connectivity index (χ0) is 21.2. The molecule has 2 amide bonds. The molecule has 0 spiro atoms. The van der Waals surface area contributed by atoms with Gasteiger partial charge >= 0.3 is 6.09 Å². The summed E-state index contributed by atoms with van der Waals surface area (Å²) in [4.78, 5) is 26.9. The Morgan fingerprint density at radius 1 is 1.28 bits per heavy atom. The molecular formula is C21H28N4O4. The fourth-order valence-electron chi connectivity index (χ4n) is 2.99. The molecular weight excluding hydrogens is 372 g/mol. The van der Waals surface area contributed by atoms with Crippen LogP contribution in [0.1, 0.15) is 32.0 Å². The van der Waals surface area contributed by atoms with Crippen LogP contribution >= 0.6 is 0 Å². The molecule has 1 aromatic carbocycles. The Balaban J connectivity index is 1.50. The highest BCUT2D eigenvalue weighted by Gasteiger charge is 2.24. The van der Waals surface area contributed by atoms with Gasteiger partial charge in [0.25, 0.3) is 0 Å².